The van der Waals surface area contributed by atoms with Gasteiger partial charge in [-0.3, -0.25) is 0 Å². The van der Waals surface area contributed by atoms with Crippen LogP contribution in [-0.2, 0) is 5.75 Å². The van der Waals surface area contributed by atoms with Crippen molar-refractivity contribution >= 4 is 28.3 Å². The second-order valence-corrected chi connectivity index (χ2v) is 4.70. The first-order valence-electron chi connectivity index (χ1n) is 4.24. The normalized spacial score (nSPS) is 10.4. The van der Waals surface area contributed by atoms with E-state index in [2.05, 4.69) is 9.59 Å². The molecule has 2 aromatic rings. The number of phenols is 1. The Morgan fingerprint density at radius 3 is 2.67 bits per heavy atom. The van der Waals surface area contributed by atoms with E-state index >= 15 is 0 Å². The first-order chi connectivity index (χ1) is 7.25. The average Bonchev–Trinajstić information content (AvgIpc) is 2.63. The lowest BCUT2D eigenvalue weighted by atomic mass is 10.3. The van der Waals surface area contributed by atoms with E-state index in [9.17, 15) is 0 Å². The molecule has 6 heteroatoms. The van der Waals surface area contributed by atoms with Crippen molar-refractivity contribution in [1.29, 1.82) is 0 Å². The number of aromatic hydroxyl groups is 1. The van der Waals surface area contributed by atoms with E-state index in [0.29, 0.717) is 10.8 Å². The Kier molecular flexibility index (Phi) is 3.08. The van der Waals surface area contributed by atoms with E-state index in [4.69, 9.17) is 10.8 Å². The van der Waals surface area contributed by atoms with Gasteiger partial charge in [-0.15, -0.1) is 16.9 Å². The molecule has 0 bridgehead atoms. The number of nitrogens with zero attached hydrogens (tertiary/aromatic N) is 2. The van der Waals surface area contributed by atoms with Gasteiger partial charge < -0.3 is 10.8 Å². The molecule has 0 aliphatic rings. The number of rotatable bonds is 3. The van der Waals surface area contributed by atoms with Crippen LogP contribution in [0.4, 0.5) is 5.00 Å². The van der Waals surface area contributed by atoms with Crippen LogP contribution in [0.1, 0.15) is 5.69 Å². The largest absolute Gasteiger partial charge is 0.508 e. The predicted octanol–water partition coefficient (Wildman–Crippen LogP) is 2.12. The highest BCUT2D eigenvalue weighted by Gasteiger charge is 2.04. The molecule has 0 aliphatic carbocycles. The van der Waals surface area contributed by atoms with Gasteiger partial charge >= 0.3 is 0 Å². The molecule has 15 heavy (non-hydrogen) atoms. The molecule has 0 atom stereocenters. The highest BCUT2D eigenvalue weighted by Crippen LogP contribution is 2.26. The lowest BCUT2D eigenvalue weighted by Gasteiger charge is -1.99. The maximum absolute atomic E-state index is 9.10. The Bertz CT molecular complexity index is 441. The molecule has 0 unspecified atom stereocenters. The number of anilines is 1. The molecule has 78 valence electrons. The second kappa shape index (κ2) is 4.50. The van der Waals surface area contributed by atoms with E-state index in [-0.39, 0.29) is 5.75 Å². The van der Waals surface area contributed by atoms with Crippen LogP contribution in [0.5, 0.6) is 5.75 Å². The lowest BCUT2D eigenvalue weighted by Crippen LogP contribution is -1.88. The van der Waals surface area contributed by atoms with Gasteiger partial charge in [0, 0.05) is 22.2 Å². The van der Waals surface area contributed by atoms with Gasteiger partial charge in [-0.25, -0.2) is 0 Å². The number of aromatic nitrogens is 2. The smallest absolute Gasteiger partial charge is 0.131 e. The van der Waals surface area contributed by atoms with Crippen LogP contribution in [0.25, 0.3) is 0 Å². The first kappa shape index (κ1) is 10.3. The van der Waals surface area contributed by atoms with Gasteiger partial charge in [0.05, 0.1) is 0 Å². The van der Waals surface area contributed by atoms with Gasteiger partial charge in [0.25, 0.3) is 0 Å². The number of hydrogen-bond acceptors (Lipinski definition) is 6. The summed E-state index contributed by atoms with van der Waals surface area (Å²) in [5.74, 6) is 0.974. The summed E-state index contributed by atoms with van der Waals surface area (Å²) < 4.78 is 3.76. The molecule has 0 saturated heterocycles. The van der Waals surface area contributed by atoms with Crippen molar-refractivity contribution in [3.05, 3.63) is 30.0 Å². The van der Waals surface area contributed by atoms with Crippen LogP contribution >= 0.6 is 23.3 Å². The first-order valence-corrected chi connectivity index (χ1v) is 6.00. The van der Waals surface area contributed by atoms with Gasteiger partial charge in [-0.1, -0.05) is 4.49 Å². The summed E-state index contributed by atoms with van der Waals surface area (Å²) in [4.78, 5) is 1.07. The van der Waals surface area contributed by atoms with Gasteiger partial charge in [0.1, 0.15) is 16.4 Å². The molecular weight excluding hydrogens is 230 g/mol. The fraction of sp³-hybridized carbons (Fsp3) is 0.111. The van der Waals surface area contributed by atoms with Gasteiger partial charge in [-0.2, -0.15) is 0 Å². The molecule has 4 nitrogen and oxygen atoms in total. The SMILES string of the molecule is Nc1snnc1CSc1ccc(O)cc1. The molecule has 0 fully saturated rings. The molecule has 0 saturated carbocycles. The van der Waals surface area contributed by atoms with Crippen molar-refractivity contribution in [2.45, 2.75) is 10.6 Å². The summed E-state index contributed by atoms with van der Waals surface area (Å²) in [5, 5.41) is 13.7. The monoisotopic (exact) mass is 239 g/mol. The Morgan fingerprint density at radius 1 is 1.33 bits per heavy atom. The van der Waals surface area contributed by atoms with Crippen molar-refractivity contribution < 1.29 is 5.11 Å². The number of hydrogen-bond donors (Lipinski definition) is 2. The molecule has 0 spiro atoms. The van der Waals surface area contributed by atoms with Crippen LogP contribution in [-0.4, -0.2) is 14.7 Å². The van der Waals surface area contributed by atoms with Crippen LogP contribution in [0.15, 0.2) is 29.2 Å². The topological polar surface area (TPSA) is 72.0 Å². The molecule has 0 aliphatic heterocycles. The quantitative estimate of drug-likeness (QED) is 0.803. The number of phenolic OH excluding ortho intramolecular Hbond substituents is 1. The maximum atomic E-state index is 9.10. The van der Waals surface area contributed by atoms with E-state index in [1.165, 1.54) is 11.5 Å². The zero-order chi connectivity index (χ0) is 10.7. The van der Waals surface area contributed by atoms with Crippen molar-refractivity contribution in [2.24, 2.45) is 0 Å². The molecule has 2 rings (SSSR count). The summed E-state index contributed by atoms with van der Waals surface area (Å²) in [7, 11) is 0. The molecule has 1 heterocycles. The van der Waals surface area contributed by atoms with Gasteiger partial charge in [0.15, 0.2) is 0 Å². The van der Waals surface area contributed by atoms with Gasteiger partial charge in [0.2, 0.25) is 0 Å². The summed E-state index contributed by atoms with van der Waals surface area (Å²) in [5.41, 5.74) is 6.49. The molecule has 0 radical (unpaired) electrons. The summed E-state index contributed by atoms with van der Waals surface area (Å²) in [6, 6.07) is 7.03. The lowest BCUT2D eigenvalue weighted by molar-refractivity contribution is 0.475. The zero-order valence-corrected chi connectivity index (χ0v) is 9.38. The second-order valence-electron chi connectivity index (χ2n) is 2.87. The van der Waals surface area contributed by atoms with E-state index in [0.717, 1.165) is 10.6 Å². The van der Waals surface area contributed by atoms with E-state index in [1.807, 2.05) is 12.1 Å². The molecule has 0 amide bonds. The van der Waals surface area contributed by atoms with Crippen molar-refractivity contribution in [3.63, 3.8) is 0 Å². The fourth-order valence-corrected chi connectivity index (χ4v) is 2.39. The number of benzene rings is 1. The average molecular weight is 239 g/mol. The molecule has 1 aromatic carbocycles. The minimum Gasteiger partial charge on any atom is -0.508 e. The van der Waals surface area contributed by atoms with Crippen LogP contribution in [0.2, 0.25) is 0 Å². The number of nitrogens with two attached hydrogens (primary N) is 1. The van der Waals surface area contributed by atoms with E-state index in [1.54, 1.807) is 23.9 Å². The summed E-state index contributed by atoms with van der Waals surface area (Å²) in [6.45, 7) is 0. The van der Waals surface area contributed by atoms with Crippen LogP contribution in [0.3, 0.4) is 0 Å². The highest BCUT2D eigenvalue weighted by atomic mass is 32.2. The number of thioether (sulfide) groups is 1. The van der Waals surface area contributed by atoms with Gasteiger partial charge in [-0.05, 0) is 24.3 Å². The maximum Gasteiger partial charge on any atom is 0.131 e. The molecule has 3 N–H and O–H groups in total. The third kappa shape index (κ3) is 2.60. The fourth-order valence-electron chi connectivity index (χ4n) is 1.01. The number of nitrogen functional groups attached to an aromatic ring is 1. The minimum absolute atomic E-state index is 0.272. The van der Waals surface area contributed by atoms with Crippen LogP contribution in [0, 0.1) is 0 Å². The summed E-state index contributed by atoms with van der Waals surface area (Å²) >= 11 is 2.82. The van der Waals surface area contributed by atoms with Crippen molar-refractivity contribution in [2.75, 3.05) is 5.73 Å². The summed E-state index contributed by atoms with van der Waals surface area (Å²) in [6.07, 6.45) is 0. The Labute approximate surface area is 95.3 Å². The van der Waals surface area contributed by atoms with Crippen molar-refractivity contribution in [1.82, 2.24) is 9.59 Å². The van der Waals surface area contributed by atoms with Crippen molar-refractivity contribution in [3.8, 4) is 5.75 Å². The Morgan fingerprint density at radius 2 is 2.07 bits per heavy atom. The minimum atomic E-state index is 0.272. The highest BCUT2D eigenvalue weighted by molar-refractivity contribution is 7.98. The van der Waals surface area contributed by atoms with E-state index < -0.39 is 0 Å². The Hall–Kier alpha value is -1.27. The Balaban J connectivity index is 1.99. The third-order valence-corrected chi connectivity index (χ3v) is 3.42. The third-order valence-electron chi connectivity index (χ3n) is 1.80. The molecule has 1 aromatic heterocycles. The van der Waals surface area contributed by atoms with Crippen LogP contribution < -0.4 is 5.73 Å². The molecular formula is C9H9N3OS2. The predicted molar refractivity (Wildman–Crippen MR) is 62.0 cm³/mol. The standard InChI is InChI=1S/C9H9N3OS2/c10-9-8(11-12-15-9)5-14-7-3-1-6(13)2-4-7/h1-4,13H,5,10H2. The zero-order valence-electron chi connectivity index (χ0n) is 7.75.